The van der Waals surface area contributed by atoms with Crippen LogP contribution in [0.1, 0.15) is 23.0 Å². The van der Waals surface area contributed by atoms with Crippen LogP contribution in [0.2, 0.25) is 0 Å². The van der Waals surface area contributed by atoms with Gasteiger partial charge in [0.1, 0.15) is 22.4 Å². The number of pyridine rings is 2. The van der Waals surface area contributed by atoms with E-state index in [0.717, 1.165) is 22.0 Å². The maximum atomic E-state index is 12.9. The molecule has 0 saturated carbocycles. The van der Waals surface area contributed by atoms with E-state index in [1.165, 1.54) is 0 Å². The largest absolute Gasteiger partial charge is 0.456 e. The number of anilines is 1. The number of benzene rings is 2. The van der Waals surface area contributed by atoms with E-state index in [1.54, 1.807) is 24.4 Å². The molecule has 6 nitrogen and oxygen atoms in total. The van der Waals surface area contributed by atoms with Gasteiger partial charge in [-0.1, -0.05) is 18.2 Å². The van der Waals surface area contributed by atoms with Crippen LogP contribution in [-0.4, -0.2) is 15.5 Å². The van der Waals surface area contributed by atoms with Crippen LogP contribution in [0.4, 0.5) is 5.69 Å². The lowest BCUT2D eigenvalue weighted by Crippen LogP contribution is -2.24. The second-order valence-electron chi connectivity index (χ2n) is 7.24. The molecule has 0 aliphatic rings. The fourth-order valence-electron chi connectivity index (χ4n) is 3.76. The summed E-state index contributed by atoms with van der Waals surface area (Å²) < 4.78 is 7.70. The highest BCUT2D eigenvalue weighted by Crippen LogP contribution is 2.30. The Morgan fingerprint density at radius 3 is 2.63 bits per heavy atom. The Bertz CT molecular complexity index is 1510. The Labute approximate surface area is 171 Å². The molecule has 0 aliphatic carbocycles. The second-order valence-corrected chi connectivity index (χ2v) is 7.24. The summed E-state index contributed by atoms with van der Waals surface area (Å²) in [5, 5.41) is 5.26. The topological polar surface area (TPSA) is 77.1 Å². The van der Waals surface area contributed by atoms with Crippen molar-refractivity contribution in [1.29, 1.82) is 0 Å². The minimum Gasteiger partial charge on any atom is -0.456 e. The second kappa shape index (κ2) is 6.84. The molecule has 3 aromatic heterocycles. The third kappa shape index (κ3) is 2.85. The summed E-state index contributed by atoms with van der Waals surface area (Å²) in [5.74, 6) is -0.458. The summed E-state index contributed by atoms with van der Waals surface area (Å²) in [6.45, 7) is 4.42. The zero-order valence-electron chi connectivity index (χ0n) is 16.6. The van der Waals surface area contributed by atoms with E-state index in [2.05, 4.69) is 10.3 Å². The molecule has 1 amide bonds. The van der Waals surface area contributed by atoms with Gasteiger partial charge in [-0.15, -0.1) is 0 Å². The number of rotatable bonds is 3. The van der Waals surface area contributed by atoms with Gasteiger partial charge in [0.15, 0.2) is 0 Å². The van der Waals surface area contributed by atoms with Crippen molar-refractivity contribution >= 4 is 44.6 Å². The predicted molar refractivity (Wildman–Crippen MR) is 118 cm³/mol. The number of para-hydroxylation sites is 1. The van der Waals surface area contributed by atoms with Gasteiger partial charge in [0.25, 0.3) is 5.91 Å². The van der Waals surface area contributed by atoms with Crippen molar-refractivity contribution in [2.45, 2.75) is 20.4 Å². The minimum absolute atomic E-state index is 0.0831. The van der Waals surface area contributed by atoms with Crippen molar-refractivity contribution in [2.75, 3.05) is 5.32 Å². The third-order valence-electron chi connectivity index (χ3n) is 5.28. The molecule has 0 atom stereocenters. The normalized spacial score (nSPS) is 11.4. The quantitative estimate of drug-likeness (QED) is 0.471. The monoisotopic (exact) mass is 397 g/mol. The molecule has 0 radical (unpaired) electrons. The first-order valence-corrected chi connectivity index (χ1v) is 9.78. The number of nitrogens with zero attached hydrogens (tertiary/aromatic N) is 2. The molecule has 1 N–H and O–H groups in total. The van der Waals surface area contributed by atoms with Gasteiger partial charge in [-0.3, -0.25) is 9.59 Å². The molecule has 5 aromatic rings. The number of aromatic nitrogens is 2. The lowest BCUT2D eigenvalue weighted by molar-refractivity contribution is 0.102. The van der Waals surface area contributed by atoms with Gasteiger partial charge < -0.3 is 14.3 Å². The van der Waals surface area contributed by atoms with E-state index in [4.69, 9.17) is 4.42 Å². The summed E-state index contributed by atoms with van der Waals surface area (Å²) in [6, 6.07) is 16.8. The maximum absolute atomic E-state index is 12.9. The van der Waals surface area contributed by atoms with Crippen molar-refractivity contribution in [2.24, 2.45) is 0 Å². The SMILES string of the molecule is CCn1cc(C(=O)Nc2ccc3c(c2)oc2ccccc23)c(=O)c2ccc(C)nc21. The van der Waals surface area contributed by atoms with Crippen LogP contribution in [0, 0.1) is 6.92 Å². The highest BCUT2D eigenvalue weighted by atomic mass is 16.3. The molecule has 148 valence electrons. The fraction of sp³-hybridized carbons (Fsp3) is 0.125. The lowest BCUT2D eigenvalue weighted by Gasteiger charge is -2.11. The van der Waals surface area contributed by atoms with Crippen molar-refractivity contribution < 1.29 is 9.21 Å². The number of aryl methyl sites for hydroxylation is 2. The van der Waals surface area contributed by atoms with Crippen molar-refractivity contribution in [3.05, 3.63) is 82.3 Å². The van der Waals surface area contributed by atoms with E-state index >= 15 is 0 Å². The zero-order valence-corrected chi connectivity index (χ0v) is 16.6. The number of hydrogen-bond acceptors (Lipinski definition) is 4. The highest BCUT2D eigenvalue weighted by Gasteiger charge is 2.17. The Morgan fingerprint density at radius 1 is 1.03 bits per heavy atom. The van der Waals surface area contributed by atoms with E-state index in [-0.39, 0.29) is 11.0 Å². The Morgan fingerprint density at radius 2 is 1.80 bits per heavy atom. The number of carbonyl (C=O) groups is 1. The summed E-state index contributed by atoms with van der Waals surface area (Å²) in [4.78, 5) is 30.3. The predicted octanol–water partition coefficient (Wildman–Crippen LogP) is 4.88. The van der Waals surface area contributed by atoms with Crippen LogP contribution < -0.4 is 10.7 Å². The van der Waals surface area contributed by atoms with E-state index in [0.29, 0.717) is 28.8 Å². The first-order chi connectivity index (χ1) is 14.5. The Kier molecular flexibility index (Phi) is 4.13. The number of fused-ring (bicyclic) bond motifs is 4. The zero-order chi connectivity index (χ0) is 20.8. The van der Waals surface area contributed by atoms with Gasteiger partial charge in [-0.25, -0.2) is 4.98 Å². The summed E-state index contributed by atoms with van der Waals surface area (Å²) in [7, 11) is 0. The van der Waals surface area contributed by atoms with Gasteiger partial charge in [0, 0.05) is 41.0 Å². The molecule has 5 rings (SSSR count). The number of carbonyl (C=O) groups excluding carboxylic acids is 1. The molecular weight excluding hydrogens is 378 g/mol. The highest BCUT2D eigenvalue weighted by molar-refractivity contribution is 6.09. The summed E-state index contributed by atoms with van der Waals surface area (Å²) in [5.41, 5.74) is 3.20. The maximum Gasteiger partial charge on any atom is 0.261 e. The van der Waals surface area contributed by atoms with Gasteiger partial charge in [0.05, 0.1) is 5.39 Å². The molecular formula is C24H19N3O3. The van der Waals surface area contributed by atoms with Gasteiger partial charge in [-0.2, -0.15) is 0 Å². The minimum atomic E-state index is -0.458. The fourth-order valence-corrected chi connectivity index (χ4v) is 3.76. The van der Waals surface area contributed by atoms with E-state index < -0.39 is 5.91 Å². The average Bonchev–Trinajstić information content (AvgIpc) is 3.11. The van der Waals surface area contributed by atoms with Crippen LogP contribution in [0.25, 0.3) is 33.0 Å². The smallest absolute Gasteiger partial charge is 0.261 e. The molecule has 30 heavy (non-hydrogen) atoms. The molecule has 0 unspecified atom stereocenters. The van der Waals surface area contributed by atoms with Crippen molar-refractivity contribution in [3.63, 3.8) is 0 Å². The van der Waals surface area contributed by atoms with Crippen molar-refractivity contribution in [1.82, 2.24) is 9.55 Å². The average molecular weight is 397 g/mol. The van der Waals surface area contributed by atoms with Crippen LogP contribution in [0.5, 0.6) is 0 Å². The van der Waals surface area contributed by atoms with Gasteiger partial charge in [0.2, 0.25) is 5.43 Å². The molecule has 0 fully saturated rings. The lowest BCUT2D eigenvalue weighted by atomic mass is 10.1. The van der Waals surface area contributed by atoms with Gasteiger partial charge >= 0.3 is 0 Å². The molecule has 2 aromatic carbocycles. The van der Waals surface area contributed by atoms with Crippen LogP contribution in [0.15, 0.2) is 70.0 Å². The number of furan rings is 1. The molecule has 3 heterocycles. The van der Waals surface area contributed by atoms with Crippen LogP contribution in [0.3, 0.4) is 0 Å². The van der Waals surface area contributed by atoms with Crippen LogP contribution in [-0.2, 0) is 6.54 Å². The Hall–Kier alpha value is -3.93. The number of amides is 1. The Balaban J connectivity index is 1.56. The van der Waals surface area contributed by atoms with Gasteiger partial charge in [-0.05, 0) is 44.2 Å². The number of hydrogen-bond donors (Lipinski definition) is 1. The van der Waals surface area contributed by atoms with Crippen LogP contribution >= 0.6 is 0 Å². The van der Waals surface area contributed by atoms with E-state index in [1.807, 2.05) is 54.8 Å². The molecule has 0 bridgehead atoms. The van der Waals surface area contributed by atoms with Crippen molar-refractivity contribution in [3.8, 4) is 0 Å². The standard InChI is InChI=1S/C24H19N3O3/c1-3-27-13-19(22(28)18-10-8-14(2)25-23(18)27)24(29)26-15-9-11-17-16-6-4-5-7-20(16)30-21(17)12-15/h4-13H,3H2,1-2H3,(H,26,29). The first kappa shape index (κ1) is 18.1. The molecule has 6 heteroatoms. The molecule has 0 saturated heterocycles. The molecule has 0 aliphatic heterocycles. The van der Waals surface area contributed by atoms with E-state index in [9.17, 15) is 9.59 Å². The summed E-state index contributed by atoms with van der Waals surface area (Å²) in [6.07, 6.45) is 1.58. The first-order valence-electron chi connectivity index (χ1n) is 9.78. The summed E-state index contributed by atoms with van der Waals surface area (Å²) >= 11 is 0. The molecule has 0 spiro atoms. The third-order valence-corrected chi connectivity index (χ3v) is 5.28. The number of nitrogens with one attached hydrogen (secondary N) is 1.